The van der Waals surface area contributed by atoms with Gasteiger partial charge in [0.15, 0.2) is 0 Å². The Morgan fingerprint density at radius 3 is 2.95 bits per heavy atom. The van der Waals surface area contributed by atoms with E-state index < -0.39 is 0 Å². The van der Waals surface area contributed by atoms with E-state index in [1.165, 1.54) is 16.0 Å². The largest absolute Gasteiger partial charge is 0.369 e. The number of aromatic nitrogens is 3. The van der Waals surface area contributed by atoms with Crippen molar-refractivity contribution in [2.24, 2.45) is 7.05 Å². The first kappa shape index (κ1) is 11.5. The number of nitrogens with one attached hydrogen (secondary N) is 1. The first-order chi connectivity index (χ1) is 9.13. The van der Waals surface area contributed by atoms with E-state index in [4.69, 9.17) is 5.73 Å². The van der Waals surface area contributed by atoms with Crippen molar-refractivity contribution in [3.8, 4) is 0 Å². The van der Waals surface area contributed by atoms with Crippen molar-refractivity contribution in [3.63, 3.8) is 0 Å². The van der Waals surface area contributed by atoms with Crippen LogP contribution in [0, 0.1) is 0 Å². The SMILES string of the molecule is Cn1c(N)nc(Cc2ccc3cc[nH]c3c2)cc1=O. The molecule has 0 bridgehead atoms. The van der Waals surface area contributed by atoms with Crippen LogP contribution >= 0.6 is 0 Å². The van der Waals surface area contributed by atoms with Crippen molar-refractivity contribution in [3.05, 3.63) is 58.1 Å². The van der Waals surface area contributed by atoms with Gasteiger partial charge in [-0.15, -0.1) is 0 Å². The number of nitrogens with zero attached hydrogens (tertiary/aromatic N) is 2. The summed E-state index contributed by atoms with van der Waals surface area (Å²) in [6.45, 7) is 0. The molecule has 3 rings (SSSR count). The number of anilines is 1. The Morgan fingerprint density at radius 2 is 2.16 bits per heavy atom. The van der Waals surface area contributed by atoms with Gasteiger partial charge >= 0.3 is 0 Å². The van der Waals surface area contributed by atoms with Crippen LogP contribution in [0.15, 0.2) is 41.3 Å². The maximum Gasteiger partial charge on any atom is 0.254 e. The van der Waals surface area contributed by atoms with Crippen LogP contribution in [0.3, 0.4) is 0 Å². The Labute approximate surface area is 109 Å². The number of nitrogens with two attached hydrogens (primary N) is 1. The molecule has 96 valence electrons. The monoisotopic (exact) mass is 254 g/mol. The molecule has 0 radical (unpaired) electrons. The van der Waals surface area contributed by atoms with E-state index in [9.17, 15) is 4.79 Å². The molecule has 0 aliphatic heterocycles. The zero-order chi connectivity index (χ0) is 13.4. The van der Waals surface area contributed by atoms with Gasteiger partial charge in [-0.1, -0.05) is 12.1 Å². The minimum absolute atomic E-state index is 0.136. The van der Waals surface area contributed by atoms with Crippen molar-refractivity contribution < 1.29 is 0 Å². The van der Waals surface area contributed by atoms with E-state index in [2.05, 4.69) is 16.0 Å². The molecule has 5 heteroatoms. The van der Waals surface area contributed by atoms with Gasteiger partial charge in [-0.05, 0) is 23.1 Å². The van der Waals surface area contributed by atoms with Crippen LogP contribution in [0.4, 0.5) is 5.95 Å². The number of hydrogen-bond donors (Lipinski definition) is 2. The fourth-order valence-corrected chi connectivity index (χ4v) is 2.11. The van der Waals surface area contributed by atoms with Gasteiger partial charge in [0.05, 0.1) is 5.69 Å². The second-order valence-electron chi connectivity index (χ2n) is 4.58. The highest BCUT2D eigenvalue weighted by atomic mass is 16.1. The standard InChI is InChI=1S/C14H14N4O/c1-18-13(19)8-11(17-14(18)15)6-9-2-3-10-4-5-16-12(10)7-9/h2-5,7-8,16H,6H2,1H3,(H2,15,17). The summed E-state index contributed by atoms with van der Waals surface area (Å²) in [5.41, 5.74) is 8.42. The van der Waals surface area contributed by atoms with Gasteiger partial charge in [-0.2, -0.15) is 0 Å². The third-order valence-electron chi connectivity index (χ3n) is 3.23. The van der Waals surface area contributed by atoms with Crippen molar-refractivity contribution in [2.45, 2.75) is 6.42 Å². The Kier molecular flexibility index (Phi) is 2.59. The van der Waals surface area contributed by atoms with Crippen LogP contribution < -0.4 is 11.3 Å². The normalized spacial score (nSPS) is 11.0. The maximum absolute atomic E-state index is 11.7. The highest BCUT2D eigenvalue weighted by Crippen LogP contribution is 2.16. The zero-order valence-corrected chi connectivity index (χ0v) is 10.6. The summed E-state index contributed by atoms with van der Waals surface area (Å²) in [4.78, 5) is 19.1. The predicted octanol–water partition coefficient (Wildman–Crippen LogP) is 1.43. The molecule has 19 heavy (non-hydrogen) atoms. The summed E-state index contributed by atoms with van der Waals surface area (Å²) in [5, 5.41) is 1.17. The smallest absolute Gasteiger partial charge is 0.254 e. The average molecular weight is 254 g/mol. The number of aromatic amines is 1. The molecule has 0 saturated heterocycles. The minimum Gasteiger partial charge on any atom is -0.369 e. The molecule has 0 fully saturated rings. The van der Waals surface area contributed by atoms with Gasteiger partial charge in [0, 0.05) is 31.2 Å². The Morgan fingerprint density at radius 1 is 1.32 bits per heavy atom. The quantitative estimate of drug-likeness (QED) is 0.726. The summed E-state index contributed by atoms with van der Waals surface area (Å²) >= 11 is 0. The molecule has 0 amide bonds. The van der Waals surface area contributed by atoms with Crippen molar-refractivity contribution >= 4 is 16.9 Å². The average Bonchev–Trinajstić information content (AvgIpc) is 2.83. The Hall–Kier alpha value is -2.56. The lowest BCUT2D eigenvalue weighted by atomic mass is 10.1. The summed E-state index contributed by atoms with van der Waals surface area (Å²) in [7, 11) is 1.61. The van der Waals surface area contributed by atoms with Crippen molar-refractivity contribution in [2.75, 3.05) is 5.73 Å². The van der Waals surface area contributed by atoms with E-state index in [0.29, 0.717) is 12.1 Å². The van der Waals surface area contributed by atoms with Crippen LogP contribution in [0.2, 0.25) is 0 Å². The van der Waals surface area contributed by atoms with E-state index in [-0.39, 0.29) is 11.5 Å². The van der Waals surface area contributed by atoms with Crippen molar-refractivity contribution in [1.82, 2.24) is 14.5 Å². The van der Waals surface area contributed by atoms with Crippen LogP contribution in [-0.2, 0) is 13.5 Å². The summed E-state index contributed by atoms with van der Waals surface area (Å²) < 4.78 is 1.33. The molecule has 3 aromatic rings. The fraction of sp³-hybridized carbons (Fsp3) is 0.143. The number of hydrogen-bond acceptors (Lipinski definition) is 3. The van der Waals surface area contributed by atoms with Gasteiger partial charge in [0.1, 0.15) is 0 Å². The highest BCUT2D eigenvalue weighted by Gasteiger charge is 2.04. The Bertz CT molecular complexity index is 801. The lowest BCUT2D eigenvalue weighted by molar-refractivity contribution is 0.825. The number of benzene rings is 1. The van der Waals surface area contributed by atoms with E-state index in [1.807, 2.05) is 24.4 Å². The van der Waals surface area contributed by atoms with E-state index >= 15 is 0 Å². The Balaban J connectivity index is 1.98. The third-order valence-corrected chi connectivity index (χ3v) is 3.23. The minimum atomic E-state index is -0.136. The number of fused-ring (bicyclic) bond motifs is 1. The maximum atomic E-state index is 11.7. The molecule has 3 N–H and O–H groups in total. The van der Waals surface area contributed by atoms with Gasteiger partial charge in [-0.25, -0.2) is 4.98 Å². The van der Waals surface area contributed by atoms with Crippen LogP contribution in [0.5, 0.6) is 0 Å². The second-order valence-corrected chi connectivity index (χ2v) is 4.58. The summed E-state index contributed by atoms with van der Waals surface area (Å²) in [6, 6.07) is 9.69. The zero-order valence-electron chi connectivity index (χ0n) is 10.6. The molecule has 0 unspecified atom stereocenters. The van der Waals surface area contributed by atoms with Gasteiger partial charge in [0.25, 0.3) is 5.56 Å². The molecule has 0 spiro atoms. The van der Waals surface area contributed by atoms with E-state index in [0.717, 1.165) is 11.1 Å². The molecule has 0 aliphatic carbocycles. The number of rotatable bonds is 2. The number of H-pyrrole nitrogens is 1. The molecular weight excluding hydrogens is 240 g/mol. The molecule has 2 aromatic heterocycles. The van der Waals surface area contributed by atoms with Gasteiger partial charge in [-0.3, -0.25) is 9.36 Å². The molecule has 0 aliphatic rings. The first-order valence-corrected chi connectivity index (χ1v) is 6.02. The van der Waals surface area contributed by atoms with Crippen LogP contribution in [0.25, 0.3) is 10.9 Å². The number of nitrogen functional groups attached to an aromatic ring is 1. The highest BCUT2D eigenvalue weighted by molar-refractivity contribution is 5.79. The lowest BCUT2D eigenvalue weighted by Gasteiger charge is -2.05. The first-order valence-electron chi connectivity index (χ1n) is 6.02. The molecule has 0 atom stereocenters. The van der Waals surface area contributed by atoms with Crippen LogP contribution in [0.1, 0.15) is 11.3 Å². The summed E-state index contributed by atoms with van der Waals surface area (Å²) in [6.07, 6.45) is 2.50. The fourth-order valence-electron chi connectivity index (χ4n) is 2.11. The molecular formula is C14H14N4O. The molecule has 0 saturated carbocycles. The topological polar surface area (TPSA) is 76.7 Å². The van der Waals surface area contributed by atoms with Crippen LogP contribution in [-0.4, -0.2) is 14.5 Å². The molecule has 1 aromatic carbocycles. The van der Waals surface area contributed by atoms with Crippen molar-refractivity contribution in [1.29, 1.82) is 0 Å². The lowest BCUT2D eigenvalue weighted by Crippen LogP contribution is -2.21. The molecule has 2 heterocycles. The van der Waals surface area contributed by atoms with Gasteiger partial charge < -0.3 is 10.7 Å². The molecule has 5 nitrogen and oxygen atoms in total. The summed E-state index contributed by atoms with van der Waals surface area (Å²) in [5.74, 6) is 0.239. The third kappa shape index (κ3) is 2.10. The predicted molar refractivity (Wildman–Crippen MR) is 75.0 cm³/mol. The van der Waals surface area contributed by atoms with Gasteiger partial charge in [0.2, 0.25) is 5.95 Å². The second kappa shape index (κ2) is 4.28. The van der Waals surface area contributed by atoms with E-state index in [1.54, 1.807) is 7.05 Å².